The first-order valence-corrected chi connectivity index (χ1v) is 9.37. The van der Waals surface area contributed by atoms with E-state index in [1.165, 1.54) is 38.5 Å². The van der Waals surface area contributed by atoms with E-state index in [1.807, 2.05) is 0 Å². The first kappa shape index (κ1) is 14.9. The Kier molecular flexibility index (Phi) is 3.93. The van der Waals surface area contributed by atoms with Crippen LogP contribution < -0.4 is 11.1 Å². The minimum absolute atomic E-state index is 0.226. The largest absolute Gasteiger partial charge is 0.352 e. The molecule has 0 aromatic carbocycles. The topological polar surface area (TPSA) is 58.4 Å². The van der Waals surface area contributed by atoms with Crippen LogP contribution in [0.15, 0.2) is 0 Å². The van der Waals surface area contributed by atoms with Gasteiger partial charge in [-0.05, 0) is 68.6 Å². The van der Waals surface area contributed by atoms with Gasteiger partial charge >= 0.3 is 0 Å². The van der Waals surface area contributed by atoms with E-state index in [-0.39, 0.29) is 5.91 Å². The molecule has 1 aliphatic heterocycles. The molecule has 3 N–H and O–H groups in total. The van der Waals surface area contributed by atoms with Crippen LogP contribution in [-0.4, -0.2) is 42.5 Å². The zero-order valence-electron chi connectivity index (χ0n) is 13.8. The van der Waals surface area contributed by atoms with Crippen molar-refractivity contribution in [3.63, 3.8) is 0 Å². The van der Waals surface area contributed by atoms with Crippen molar-refractivity contribution in [3.8, 4) is 0 Å². The maximum Gasteiger partial charge on any atom is 0.234 e. The van der Waals surface area contributed by atoms with Gasteiger partial charge in [0.1, 0.15) is 0 Å². The number of hydrogen-bond acceptors (Lipinski definition) is 3. The van der Waals surface area contributed by atoms with Crippen LogP contribution in [0.25, 0.3) is 0 Å². The summed E-state index contributed by atoms with van der Waals surface area (Å²) in [6.45, 7) is 4.90. The summed E-state index contributed by atoms with van der Waals surface area (Å²) in [6.07, 6.45) is 8.01. The van der Waals surface area contributed by atoms with Crippen LogP contribution in [0.1, 0.15) is 45.4 Å². The van der Waals surface area contributed by atoms with Crippen molar-refractivity contribution in [2.45, 2.75) is 57.5 Å². The van der Waals surface area contributed by atoms with Crippen LogP contribution in [-0.2, 0) is 4.79 Å². The van der Waals surface area contributed by atoms with Gasteiger partial charge in [0.2, 0.25) is 5.91 Å². The molecular formula is C18H31N3O. The highest BCUT2D eigenvalue weighted by molar-refractivity contribution is 5.78. The molecule has 7 atom stereocenters. The van der Waals surface area contributed by atoms with E-state index in [4.69, 9.17) is 5.73 Å². The summed E-state index contributed by atoms with van der Waals surface area (Å²) < 4.78 is 0. The van der Waals surface area contributed by atoms with Crippen molar-refractivity contribution < 1.29 is 4.79 Å². The van der Waals surface area contributed by atoms with Crippen molar-refractivity contribution in [3.05, 3.63) is 0 Å². The van der Waals surface area contributed by atoms with E-state index in [1.54, 1.807) is 0 Å². The molecule has 0 aromatic heterocycles. The molecular weight excluding hydrogens is 274 g/mol. The number of fused-ring (bicyclic) bond motifs is 3. The van der Waals surface area contributed by atoms with Crippen LogP contribution in [0.2, 0.25) is 0 Å². The van der Waals surface area contributed by atoms with E-state index >= 15 is 0 Å². The van der Waals surface area contributed by atoms with Gasteiger partial charge in [0.05, 0.1) is 6.54 Å². The number of nitrogens with two attached hydrogens (primary N) is 1. The van der Waals surface area contributed by atoms with Crippen molar-refractivity contribution >= 4 is 5.91 Å². The summed E-state index contributed by atoms with van der Waals surface area (Å²) in [4.78, 5) is 14.7. The van der Waals surface area contributed by atoms with Crippen molar-refractivity contribution in [1.29, 1.82) is 0 Å². The standard InChI is InChI=1S/C18H31N3O/c1-11(15-7-12-2-3-13(15)6-12)20-18(22)10-21-8-14-4-5-17(19)16(14)9-21/h11-17H,2-10,19H2,1H3,(H,20,22). The quantitative estimate of drug-likeness (QED) is 0.829. The number of rotatable bonds is 4. The Hall–Kier alpha value is -0.610. The summed E-state index contributed by atoms with van der Waals surface area (Å²) >= 11 is 0. The molecule has 4 aliphatic rings. The lowest BCUT2D eigenvalue weighted by Gasteiger charge is -2.29. The Bertz CT molecular complexity index is 440. The van der Waals surface area contributed by atoms with Crippen molar-refractivity contribution in [2.75, 3.05) is 19.6 Å². The van der Waals surface area contributed by atoms with E-state index in [0.29, 0.717) is 24.5 Å². The smallest absolute Gasteiger partial charge is 0.234 e. The van der Waals surface area contributed by atoms with Gasteiger partial charge in [-0.2, -0.15) is 0 Å². The van der Waals surface area contributed by atoms with Gasteiger partial charge in [-0.15, -0.1) is 0 Å². The zero-order chi connectivity index (χ0) is 15.3. The molecule has 4 heteroatoms. The molecule has 0 spiro atoms. The number of carbonyl (C=O) groups is 1. The number of likely N-dealkylation sites (tertiary alicyclic amines) is 1. The average molecular weight is 305 g/mol. The molecule has 7 unspecified atom stereocenters. The average Bonchev–Trinajstić information content (AvgIpc) is 3.21. The molecule has 1 amide bonds. The number of hydrogen-bond donors (Lipinski definition) is 2. The van der Waals surface area contributed by atoms with Crippen LogP contribution >= 0.6 is 0 Å². The van der Waals surface area contributed by atoms with E-state index in [9.17, 15) is 4.79 Å². The fourth-order valence-electron chi connectivity index (χ4n) is 6.04. The van der Waals surface area contributed by atoms with E-state index in [2.05, 4.69) is 17.1 Å². The Morgan fingerprint density at radius 2 is 2.00 bits per heavy atom. The van der Waals surface area contributed by atoms with Gasteiger partial charge < -0.3 is 11.1 Å². The number of amides is 1. The van der Waals surface area contributed by atoms with Crippen LogP contribution in [0.5, 0.6) is 0 Å². The minimum Gasteiger partial charge on any atom is -0.352 e. The monoisotopic (exact) mass is 305 g/mol. The molecule has 4 rings (SSSR count). The second kappa shape index (κ2) is 5.79. The minimum atomic E-state index is 0.226. The third kappa shape index (κ3) is 2.69. The number of nitrogens with one attached hydrogen (secondary N) is 1. The molecule has 1 saturated heterocycles. The van der Waals surface area contributed by atoms with Gasteiger partial charge in [0, 0.05) is 25.2 Å². The Morgan fingerprint density at radius 1 is 1.18 bits per heavy atom. The first-order chi connectivity index (χ1) is 10.6. The zero-order valence-corrected chi connectivity index (χ0v) is 13.8. The molecule has 4 fully saturated rings. The highest BCUT2D eigenvalue weighted by Gasteiger charge is 2.43. The number of nitrogens with zero attached hydrogens (tertiary/aromatic N) is 1. The lowest BCUT2D eigenvalue weighted by molar-refractivity contribution is -0.123. The van der Waals surface area contributed by atoms with Crippen molar-refractivity contribution in [1.82, 2.24) is 10.2 Å². The Labute approximate surface area is 134 Å². The molecule has 3 aliphatic carbocycles. The lowest BCUT2D eigenvalue weighted by Crippen LogP contribution is -2.45. The van der Waals surface area contributed by atoms with Gasteiger partial charge in [0.15, 0.2) is 0 Å². The van der Waals surface area contributed by atoms with Crippen molar-refractivity contribution in [2.24, 2.45) is 35.3 Å². The summed E-state index contributed by atoms with van der Waals surface area (Å²) in [5, 5.41) is 3.30. The maximum atomic E-state index is 12.4. The number of carbonyl (C=O) groups excluding carboxylic acids is 1. The molecule has 2 bridgehead atoms. The first-order valence-electron chi connectivity index (χ1n) is 9.37. The van der Waals surface area contributed by atoms with Crippen LogP contribution in [0.3, 0.4) is 0 Å². The van der Waals surface area contributed by atoms with Crippen LogP contribution in [0, 0.1) is 29.6 Å². The van der Waals surface area contributed by atoms with Gasteiger partial charge in [-0.25, -0.2) is 0 Å². The van der Waals surface area contributed by atoms with E-state index < -0.39 is 0 Å². The predicted molar refractivity (Wildman–Crippen MR) is 87.2 cm³/mol. The fourth-order valence-corrected chi connectivity index (χ4v) is 6.04. The van der Waals surface area contributed by atoms with Gasteiger partial charge in [0.25, 0.3) is 0 Å². The molecule has 0 aromatic rings. The third-order valence-electron chi connectivity index (χ3n) is 7.18. The Balaban J connectivity index is 1.25. The fraction of sp³-hybridized carbons (Fsp3) is 0.944. The lowest BCUT2D eigenvalue weighted by atomic mass is 9.84. The van der Waals surface area contributed by atoms with Gasteiger partial charge in [-0.3, -0.25) is 9.69 Å². The molecule has 4 nitrogen and oxygen atoms in total. The maximum absolute atomic E-state index is 12.4. The van der Waals surface area contributed by atoms with Crippen LogP contribution in [0.4, 0.5) is 0 Å². The highest BCUT2D eigenvalue weighted by atomic mass is 16.2. The second-order valence-electron chi connectivity index (χ2n) is 8.55. The summed E-state index contributed by atoms with van der Waals surface area (Å²) in [5.74, 6) is 4.16. The second-order valence-corrected chi connectivity index (χ2v) is 8.55. The summed E-state index contributed by atoms with van der Waals surface area (Å²) in [6, 6.07) is 0.721. The SMILES string of the molecule is CC(NC(=O)CN1CC2CCC(N)C2C1)C1CC2CCC1C2. The third-order valence-corrected chi connectivity index (χ3v) is 7.18. The highest BCUT2D eigenvalue weighted by Crippen LogP contribution is 2.49. The molecule has 0 radical (unpaired) electrons. The summed E-state index contributed by atoms with van der Waals surface area (Å²) in [7, 11) is 0. The molecule has 124 valence electrons. The van der Waals surface area contributed by atoms with Gasteiger partial charge in [-0.1, -0.05) is 6.42 Å². The predicted octanol–water partition coefficient (Wildman–Crippen LogP) is 1.60. The van der Waals surface area contributed by atoms with E-state index in [0.717, 1.165) is 36.8 Å². The Morgan fingerprint density at radius 3 is 2.68 bits per heavy atom. The summed E-state index contributed by atoms with van der Waals surface area (Å²) in [5.41, 5.74) is 6.18. The molecule has 3 saturated carbocycles. The normalized spacial score (nSPS) is 45.2. The molecule has 1 heterocycles. The molecule has 22 heavy (non-hydrogen) atoms.